The number of benzene rings is 3. The van der Waals surface area contributed by atoms with Crippen LogP contribution in [0, 0.1) is 13.8 Å². The Hall–Kier alpha value is -4.18. The highest BCUT2D eigenvalue weighted by Gasteiger charge is 2.22. The molecule has 2 N–H and O–H groups in total. The van der Waals surface area contributed by atoms with Crippen LogP contribution in [0.15, 0.2) is 77.9 Å². The van der Waals surface area contributed by atoms with Gasteiger partial charge in [0.1, 0.15) is 12.3 Å². The van der Waals surface area contributed by atoms with Crippen molar-refractivity contribution >= 4 is 33.7 Å². The number of anilines is 1. The van der Waals surface area contributed by atoms with Crippen LogP contribution in [0.2, 0.25) is 0 Å². The maximum absolute atomic E-state index is 12.4. The van der Waals surface area contributed by atoms with Gasteiger partial charge in [-0.05, 0) is 73.4 Å². The van der Waals surface area contributed by atoms with Gasteiger partial charge in [-0.15, -0.1) is 0 Å². The van der Waals surface area contributed by atoms with E-state index in [9.17, 15) is 18.0 Å². The van der Waals surface area contributed by atoms with Crippen LogP contribution in [0.5, 0.6) is 5.75 Å². The number of amides is 2. The molecule has 9 nitrogen and oxygen atoms in total. The molecular formula is C28H32N4O5S. The van der Waals surface area contributed by atoms with Gasteiger partial charge in [-0.3, -0.25) is 13.9 Å². The number of rotatable bonds is 11. The molecular weight excluding hydrogens is 504 g/mol. The monoisotopic (exact) mass is 536 g/mol. The van der Waals surface area contributed by atoms with E-state index < -0.39 is 22.5 Å². The summed E-state index contributed by atoms with van der Waals surface area (Å²) in [6.45, 7) is 5.06. The summed E-state index contributed by atoms with van der Waals surface area (Å²) in [6.07, 6.45) is 2.49. The zero-order chi connectivity index (χ0) is 27.7. The van der Waals surface area contributed by atoms with E-state index in [4.69, 9.17) is 4.74 Å². The van der Waals surface area contributed by atoms with Gasteiger partial charge >= 0.3 is 0 Å². The van der Waals surface area contributed by atoms with Crippen molar-refractivity contribution in [2.75, 3.05) is 23.7 Å². The minimum Gasteiger partial charge on any atom is -0.484 e. The molecule has 1 atom stereocenters. The Morgan fingerprint density at radius 1 is 0.974 bits per heavy atom. The zero-order valence-electron chi connectivity index (χ0n) is 21.8. The second kappa shape index (κ2) is 12.9. The summed E-state index contributed by atoms with van der Waals surface area (Å²) >= 11 is 0. The topological polar surface area (TPSA) is 117 Å². The van der Waals surface area contributed by atoms with Crippen LogP contribution < -0.4 is 19.8 Å². The Morgan fingerprint density at radius 2 is 1.66 bits per heavy atom. The fraction of sp³-hybridized carbons (Fsp3) is 0.250. The third-order valence-corrected chi connectivity index (χ3v) is 6.99. The van der Waals surface area contributed by atoms with E-state index in [0.717, 1.165) is 27.3 Å². The number of carbonyl (C=O) groups is 2. The van der Waals surface area contributed by atoms with Gasteiger partial charge in [0.05, 0.1) is 24.2 Å². The molecule has 38 heavy (non-hydrogen) atoms. The fourth-order valence-corrected chi connectivity index (χ4v) is 4.55. The van der Waals surface area contributed by atoms with Gasteiger partial charge in [0, 0.05) is 0 Å². The molecule has 3 aromatic carbocycles. The summed E-state index contributed by atoms with van der Waals surface area (Å²) in [5.74, 6) is -0.312. The minimum atomic E-state index is -3.69. The second-order valence-electron chi connectivity index (χ2n) is 8.84. The molecule has 0 spiro atoms. The van der Waals surface area contributed by atoms with Crippen LogP contribution in [0.25, 0.3) is 0 Å². The molecule has 10 heteroatoms. The van der Waals surface area contributed by atoms with Crippen LogP contribution in [0.3, 0.4) is 0 Å². The molecule has 0 unspecified atom stereocenters. The van der Waals surface area contributed by atoms with Crippen LogP contribution in [-0.4, -0.2) is 45.9 Å². The summed E-state index contributed by atoms with van der Waals surface area (Å²) in [7, 11) is -3.69. The summed E-state index contributed by atoms with van der Waals surface area (Å²) in [5.41, 5.74) is 6.19. The summed E-state index contributed by atoms with van der Waals surface area (Å²) in [4.78, 5) is 24.6. The van der Waals surface area contributed by atoms with Crippen LogP contribution in [0.4, 0.5) is 5.69 Å². The first-order chi connectivity index (χ1) is 18.0. The number of hydrogen-bond acceptors (Lipinski definition) is 6. The highest BCUT2D eigenvalue weighted by atomic mass is 32.2. The van der Waals surface area contributed by atoms with E-state index in [1.807, 2.05) is 57.2 Å². The van der Waals surface area contributed by atoms with Gasteiger partial charge < -0.3 is 10.1 Å². The quantitative estimate of drug-likeness (QED) is 0.288. The van der Waals surface area contributed by atoms with Crippen molar-refractivity contribution in [2.45, 2.75) is 26.8 Å². The van der Waals surface area contributed by atoms with Crippen molar-refractivity contribution in [1.29, 1.82) is 0 Å². The third-order valence-electron chi connectivity index (χ3n) is 5.86. The first-order valence-corrected chi connectivity index (χ1v) is 13.8. The number of nitrogens with zero attached hydrogens (tertiary/aromatic N) is 2. The van der Waals surface area contributed by atoms with E-state index >= 15 is 0 Å². The molecule has 0 aliphatic carbocycles. The van der Waals surface area contributed by atoms with Gasteiger partial charge in [0.15, 0.2) is 6.61 Å². The molecule has 2 amide bonds. The molecule has 0 heterocycles. The predicted octanol–water partition coefficient (Wildman–Crippen LogP) is 3.48. The van der Waals surface area contributed by atoms with E-state index in [1.54, 1.807) is 36.4 Å². The second-order valence-corrected chi connectivity index (χ2v) is 10.7. The van der Waals surface area contributed by atoms with Crippen LogP contribution >= 0.6 is 0 Å². The largest absolute Gasteiger partial charge is 0.484 e. The zero-order valence-corrected chi connectivity index (χ0v) is 22.7. The number of sulfonamides is 1. The lowest BCUT2D eigenvalue weighted by Gasteiger charge is -2.23. The average molecular weight is 537 g/mol. The summed E-state index contributed by atoms with van der Waals surface area (Å²) < 4.78 is 31.3. The third kappa shape index (κ3) is 8.17. The lowest BCUT2D eigenvalue weighted by atomic mass is 10.1. The van der Waals surface area contributed by atoms with Crippen molar-refractivity contribution in [3.05, 3.63) is 95.1 Å². The molecule has 200 valence electrons. The highest BCUT2D eigenvalue weighted by Crippen LogP contribution is 2.24. The van der Waals surface area contributed by atoms with Gasteiger partial charge in [0.2, 0.25) is 10.0 Å². The fourth-order valence-electron chi connectivity index (χ4n) is 3.64. The maximum atomic E-state index is 12.4. The maximum Gasteiger partial charge on any atom is 0.260 e. The first kappa shape index (κ1) is 28.4. The Balaban J connectivity index is 1.50. The Bertz CT molecular complexity index is 1390. The number of aryl methyl sites for hydroxylation is 1. The number of carbonyl (C=O) groups excluding carboxylic acids is 2. The SMILES string of the molecule is Cc1cccc(N(CC(=O)N/N=C\c2ccc(OCC(=O)N[C@H](C)c3ccccc3)cc2)S(C)(=O)=O)c1C. The smallest absolute Gasteiger partial charge is 0.260 e. The minimum absolute atomic E-state index is 0.127. The van der Waals surface area contributed by atoms with Gasteiger partial charge in [-0.25, -0.2) is 13.8 Å². The van der Waals surface area contributed by atoms with Crippen molar-refractivity contribution in [3.63, 3.8) is 0 Å². The van der Waals surface area contributed by atoms with E-state index in [-0.39, 0.29) is 18.6 Å². The molecule has 0 aliphatic heterocycles. The highest BCUT2D eigenvalue weighted by molar-refractivity contribution is 7.92. The van der Waals surface area contributed by atoms with Crippen molar-refractivity contribution in [3.8, 4) is 5.75 Å². The van der Waals surface area contributed by atoms with E-state index in [2.05, 4.69) is 15.8 Å². The summed E-state index contributed by atoms with van der Waals surface area (Å²) in [5, 5.41) is 6.81. The van der Waals surface area contributed by atoms with Crippen molar-refractivity contribution in [2.24, 2.45) is 5.10 Å². The Morgan fingerprint density at radius 3 is 2.32 bits per heavy atom. The number of hydrogen-bond donors (Lipinski definition) is 2. The van der Waals surface area contributed by atoms with Gasteiger partial charge in [-0.2, -0.15) is 5.10 Å². The molecule has 3 aromatic rings. The molecule has 0 aliphatic rings. The first-order valence-electron chi connectivity index (χ1n) is 12.0. The number of nitrogens with one attached hydrogen (secondary N) is 2. The summed E-state index contributed by atoms with van der Waals surface area (Å²) in [6, 6.07) is 21.6. The lowest BCUT2D eigenvalue weighted by molar-refractivity contribution is -0.123. The predicted molar refractivity (Wildman–Crippen MR) is 149 cm³/mol. The van der Waals surface area contributed by atoms with E-state index in [1.165, 1.54) is 6.21 Å². The lowest BCUT2D eigenvalue weighted by Crippen LogP contribution is -2.39. The molecule has 0 saturated heterocycles. The molecule has 0 saturated carbocycles. The normalized spacial score (nSPS) is 12.1. The number of ether oxygens (including phenoxy) is 1. The molecule has 3 rings (SSSR count). The number of hydrazone groups is 1. The van der Waals surface area contributed by atoms with Gasteiger partial charge in [-0.1, -0.05) is 42.5 Å². The standard InChI is InChI=1S/C28H32N4O5S/c1-20-9-8-12-26(21(20)2)32(38(4,35)36)18-27(33)31-29-17-23-13-15-25(16-14-23)37-19-28(34)30-22(3)24-10-6-5-7-11-24/h5-17,22H,18-19H2,1-4H3,(H,30,34)(H,31,33)/b29-17-/t22-/m1/s1. The molecule has 0 aromatic heterocycles. The van der Waals surface area contributed by atoms with Crippen LogP contribution in [0.1, 0.15) is 35.2 Å². The van der Waals surface area contributed by atoms with Crippen LogP contribution in [-0.2, 0) is 19.6 Å². The van der Waals surface area contributed by atoms with Gasteiger partial charge in [0.25, 0.3) is 11.8 Å². The molecule has 0 radical (unpaired) electrons. The van der Waals surface area contributed by atoms with E-state index in [0.29, 0.717) is 17.0 Å². The van der Waals surface area contributed by atoms with Crippen molar-refractivity contribution < 1.29 is 22.7 Å². The Kier molecular flexibility index (Phi) is 9.61. The Labute approximate surface area is 223 Å². The average Bonchev–Trinajstić information content (AvgIpc) is 2.88. The van der Waals surface area contributed by atoms with Crippen molar-refractivity contribution in [1.82, 2.24) is 10.7 Å². The molecule has 0 fully saturated rings. The molecule has 0 bridgehead atoms.